The number of nitrogens with zero attached hydrogens (tertiary/aromatic N) is 2. The van der Waals surface area contributed by atoms with Crippen LogP contribution in [0.4, 0.5) is 0 Å². The first-order valence-corrected chi connectivity index (χ1v) is 9.39. The highest BCUT2D eigenvalue weighted by molar-refractivity contribution is 7.89. The van der Waals surface area contributed by atoms with Crippen LogP contribution < -0.4 is 5.43 Å². The maximum Gasteiger partial charge on any atom is 0.335 e. The Kier molecular flexibility index (Phi) is 6.67. The molecule has 0 radical (unpaired) electrons. The van der Waals surface area contributed by atoms with E-state index < -0.39 is 28.4 Å². The van der Waals surface area contributed by atoms with Gasteiger partial charge in [0.2, 0.25) is 10.0 Å². The number of sulfonamides is 1. The number of hydrazone groups is 1. The number of hydrogen-bond donors (Lipinski definition) is 2. The fourth-order valence-electron chi connectivity index (χ4n) is 2.00. The van der Waals surface area contributed by atoms with E-state index >= 15 is 0 Å². The van der Waals surface area contributed by atoms with Gasteiger partial charge in [0.25, 0.3) is 5.91 Å². The number of nitrogens with one attached hydrogen (secondary N) is 1. The van der Waals surface area contributed by atoms with Crippen LogP contribution in [0.3, 0.4) is 0 Å². The van der Waals surface area contributed by atoms with Gasteiger partial charge in [-0.25, -0.2) is 18.6 Å². The molecule has 142 valence electrons. The van der Waals surface area contributed by atoms with E-state index in [0.717, 1.165) is 4.31 Å². The van der Waals surface area contributed by atoms with Crippen molar-refractivity contribution in [2.24, 2.45) is 5.10 Å². The highest BCUT2D eigenvalue weighted by atomic mass is 35.5. The number of amides is 1. The van der Waals surface area contributed by atoms with E-state index in [4.69, 9.17) is 16.7 Å². The Labute approximate surface area is 161 Å². The van der Waals surface area contributed by atoms with E-state index in [1.54, 1.807) is 0 Å². The molecule has 0 aliphatic heterocycles. The Balaban J connectivity index is 1.94. The predicted octanol–water partition coefficient (Wildman–Crippen LogP) is 1.81. The molecule has 0 saturated carbocycles. The van der Waals surface area contributed by atoms with Gasteiger partial charge in [-0.3, -0.25) is 4.79 Å². The SMILES string of the molecule is CN(CC(=O)N/N=C\c1ccc(C(=O)O)cc1)S(=O)(=O)c1ccc(Cl)cc1. The van der Waals surface area contributed by atoms with Crippen molar-refractivity contribution < 1.29 is 23.1 Å². The van der Waals surface area contributed by atoms with Crippen LogP contribution in [0, 0.1) is 0 Å². The lowest BCUT2D eigenvalue weighted by atomic mass is 10.1. The fourth-order valence-corrected chi connectivity index (χ4v) is 3.25. The van der Waals surface area contributed by atoms with Crippen LogP contribution in [0.15, 0.2) is 58.5 Å². The molecule has 1 amide bonds. The number of rotatable bonds is 7. The van der Waals surface area contributed by atoms with Gasteiger partial charge in [0, 0.05) is 12.1 Å². The summed E-state index contributed by atoms with van der Waals surface area (Å²) in [5.74, 6) is -1.68. The molecule has 10 heteroatoms. The lowest BCUT2D eigenvalue weighted by Crippen LogP contribution is -2.36. The monoisotopic (exact) mass is 409 g/mol. The molecule has 2 aromatic carbocycles. The summed E-state index contributed by atoms with van der Waals surface area (Å²) < 4.78 is 25.6. The number of hydrogen-bond acceptors (Lipinski definition) is 5. The Morgan fingerprint density at radius 3 is 2.30 bits per heavy atom. The number of carboxylic acids is 1. The van der Waals surface area contributed by atoms with Gasteiger partial charge in [-0.1, -0.05) is 23.7 Å². The Bertz CT molecular complexity index is 957. The Morgan fingerprint density at radius 1 is 1.15 bits per heavy atom. The summed E-state index contributed by atoms with van der Waals surface area (Å²) >= 11 is 5.74. The smallest absolute Gasteiger partial charge is 0.335 e. The molecular formula is C17H16ClN3O5S. The molecule has 0 spiro atoms. The lowest BCUT2D eigenvalue weighted by Gasteiger charge is -2.16. The van der Waals surface area contributed by atoms with Gasteiger partial charge in [0.15, 0.2) is 0 Å². The normalized spacial score (nSPS) is 11.7. The van der Waals surface area contributed by atoms with Gasteiger partial charge < -0.3 is 5.11 Å². The van der Waals surface area contributed by atoms with E-state index in [-0.39, 0.29) is 10.5 Å². The average Bonchev–Trinajstić information content (AvgIpc) is 2.62. The van der Waals surface area contributed by atoms with Gasteiger partial charge in [0.1, 0.15) is 0 Å². The molecule has 0 aliphatic carbocycles. The molecule has 2 rings (SSSR count). The van der Waals surface area contributed by atoms with E-state index in [0.29, 0.717) is 10.6 Å². The van der Waals surface area contributed by atoms with Gasteiger partial charge >= 0.3 is 5.97 Å². The predicted molar refractivity (Wildman–Crippen MR) is 100 cm³/mol. The van der Waals surface area contributed by atoms with Crippen molar-refractivity contribution in [3.05, 3.63) is 64.7 Å². The van der Waals surface area contributed by atoms with Crippen LogP contribution in [0.25, 0.3) is 0 Å². The zero-order valence-corrected chi connectivity index (χ0v) is 15.7. The molecule has 0 heterocycles. The lowest BCUT2D eigenvalue weighted by molar-refractivity contribution is -0.121. The van der Waals surface area contributed by atoms with Gasteiger partial charge in [0.05, 0.1) is 23.2 Å². The van der Waals surface area contributed by atoms with Crippen molar-refractivity contribution >= 4 is 39.7 Å². The van der Waals surface area contributed by atoms with Gasteiger partial charge in [-0.15, -0.1) is 0 Å². The van der Waals surface area contributed by atoms with Gasteiger partial charge in [-0.2, -0.15) is 9.41 Å². The van der Waals surface area contributed by atoms with E-state index in [9.17, 15) is 18.0 Å². The number of aromatic carboxylic acids is 1. The van der Waals surface area contributed by atoms with Gasteiger partial charge in [-0.05, 0) is 42.0 Å². The molecule has 0 bridgehead atoms. The second kappa shape index (κ2) is 8.76. The summed E-state index contributed by atoms with van der Waals surface area (Å²) in [5.41, 5.74) is 2.92. The number of halogens is 1. The number of carbonyl (C=O) groups excluding carboxylic acids is 1. The summed E-state index contributed by atoms with van der Waals surface area (Å²) in [6.45, 7) is -0.430. The average molecular weight is 410 g/mol. The largest absolute Gasteiger partial charge is 0.478 e. The third-order valence-electron chi connectivity index (χ3n) is 3.45. The van der Waals surface area contributed by atoms with Crippen LogP contribution in [-0.4, -0.2) is 49.5 Å². The standard InChI is InChI=1S/C17H16ClN3O5S/c1-21(27(25,26)15-8-6-14(18)7-9-15)11-16(22)20-19-10-12-2-4-13(5-3-12)17(23)24/h2-10H,11H2,1H3,(H,20,22)(H,23,24)/b19-10-. The van der Waals surface area contributed by atoms with E-state index in [2.05, 4.69) is 10.5 Å². The molecule has 27 heavy (non-hydrogen) atoms. The highest BCUT2D eigenvalue weighted by Gasteiger charge is 2.22. The molecule has 0 unspecified atom stereocenters. The summed E-state index contributed by atoms with van der Waals surface area (Å²) in [6.07, 6.45) is 1.32. The molecule has 2 aromatic rings. The van der Waals surface area contributed by atoms with Crippen molar-refractivity contribution in [3.8, 4) is 0 Å². The summed E-state index contributed by atoms with van der Waals surface area (Å²) in [7, 11) is -2.56. The third kappa shape index (κ3) is 5.61. The fraction of sp³-hybridized carbons (Fsp3) is 0.118. The first kappa shape index (κ1) is 20.6. The summed E-state index contributed by atoms with van der Waals surface area (Å²) in [4.78, 5) is 22.7. The maximum absolute atomic E-state index is 12.4. The van der Waals surface area contributed by atoms with Crippen molar-refractivity contribution in [1.82, 2.24) is 9.73 Å². The van der Waals surface area contributed by atoms with Crippen molar-refractivity contribution in [1.29, 1.82) is 0 Å². The minimum absolute atomic E-state index is 0.0178. The molecule has 0 fully saturated rings. The maximum atomic E-state index is 12.4. The molecule has 2 N–H and O–H groups in total. The first-order chi connectivity index (χ1) is 12.7. The highest BCUT2D eigenvalue weighted by Crippen LogP contribution is 2.17. The Morgan fingerprint density at radius 2 is 1.74 bits per heavy atom. The number of carbonyl (C=O) groups is 2. The minimum atomic E-state index is -3.83. The molecule has 0 atom stereocenters. The molecule has 8 nitrogen and oxygen atoms in total. The molecule has 0 aromatic heterocycles. The zero-order valence-electron chi connectivity index (χ0n) is 14.2. The molecule has 0 aliphatic rings. The third-order valence-corrected chi connectivity index (χ3v) is 5.52. The molecular weight excluding hydrogens is 394 g/mol. The van der Waals surface area contributed by atoms with Crippen LogP contribution in [0.2, 0.25) is 5.02 Å². The second-order valence-electron chi connectivity index (χ2n) is 5.44. The Hall–Kier alpha value is -2.75. The quantitative estimate of drug-likeness (QED) is 0.534. The summed E-state index contributed by atoms with van der Waals surface area (Å²) in [6, 6.07) is 11.4. The van der Waals surface area contributed by atoms with Crippen LogP contribution in [-0.2, 0) is 14.8 Å². The topological polar surface area (TPSA) is 116 Å². The first-order valence-electron chi connectivity index (χ1n) is 7.57. The second-order valence-corrected chi connectivity index (χ2v) is 7.92. The van der Waals surface area contributed by atoms with Crippen LogP contribution in [0.5, 0.6) is 0 Å². The van der Waals surface area contributed by atoms with Crippen LogP contribution in [0.1, 0.15) is 15.9 Å². The molecule has 0 saturated heterocycles. The number of carboxylic acid groups (broad SMARTS) is 1. The zero-order chi connectivity index (χ0) is 20.0. The number of benzene rings is 2. The summed E-state index contributed by atoms with van der Waals surface area (Å²) in [5, 5.41) is 12.9. The number of likely N-dealkylation sites (N-methyl/N-ethyl adjacent to an activating group) is 1. The van der Waals surface area contributed by atoms with Crippen molar-refractivity contribution in [2.45, 2.75) is 4.90 Å². The van der Waals surface area contributed by atoms with Crippen molar-refractivity contribution in [3.63, 3.8) is 0 Å². The van der Waals surface area contributed by atoms with Crippen LogP contribution >= 0.6 is 11.6 Å². The van der Waals surface area contributed by atoms with Crippen molar-refractivity contribution in [2.75, 3.05) is 13.6 Å². The minimum Gasteiger partial charge on any atom is -0.478 e. The van der Waals surface area contributed by atoms with E-state index in [1.807, 2.05) is 0 Å². The van der Waals surface area contributed by atoms with E-state index in [1.165, 1.54) is 61.8 Å².